The van der Waals surface area contributed by atoms with Crippen LogP contribution < -0.4 is 4.90 Å². The van der Waals surface area contributed by atoms with Gasteiger partial charge in [0.2, 0.25) is 5.91 Å². The number of nitrogens with zero attached hydrogens (tertiary/aromatic N) is 4. The summed E-state index contributed by atoms with van der Waals surface area (Å²) in [6.45, 7) is 9.11. The molecule has 0 radical (unpaired) electrons. The zero-order valence-electron chi connectivity index (χ0n) is 17.6. The molecule has 0 aliphatic carbocycles. The van der Waals surface area contributed by atoms with Crippen LogP contribution in [0, 0.1) is 6.92 Å². The number of hydrogen-bond donors (Lipinski definition) is 0. The highest BCUT2D eigenvalue weighted by molar-refractivity contribution is 5.77. The third-order valence-electron chi connectivity index (χ3n) is 5.69. The number of ether oxygens (including phenoxy) is 1. The summed E-state index contributed by atoms with van der Waals surface area (Å²) in [5, 5.41) is 0. The fourth-order valence-electron chi connectivity index (χ4n) is 4.40. The van der Waals surface area contributed by atoms with Gasteiger partial charge in [0, 0.05) is 38.0 Å². The summed E-state index contributed by atoms with van der Waals surface area (Å²) >= 11 is 0. The second-order valence-electron chi connectivity index (χ2n) is 8.23. The van der Waals surface area contributed by atoms with Crippen LogP contribution in [-0.4, -0.2) is 52.6 Å². The van der Waals surface area contributed by atoms with Gasteiger partial charge in [-0.05, 0) is 32.8 Å². The van der Waals surface area contributed by atoms with E-state index in [4.69, 9.17) is 9.72 Å². The van der Waals surface area contributed by atoms with Gasteiger partial charge in [-0.1, -0.05) is 30.3 Å². The number of anilines is 1. The Hall–Kier alpha value is -2.47. The van der Waals surface area contributed by atoms with Crippen LogP contribution in [0.5, 0.6) is 0 Å². The van der Waals surface area contributed by atoms with Crippen LogP contribution in [0.15, 0.2) is 30.3 Å². The van der Waals surface area contributed by atoms with Gasteiger partial charge in [-0.15, -0.1) is 0 Å². The summed E-state index contributed by atoms with van der Waals surface area (Å²) < 4.78 is 5.90. The monoisotopic (exact) mass is 394 g/mol. The molecule has 1 amide bonds. The second-order valence-corrected chi connectivity index (χ2v) is 8.23. The molecule has 2 aliphatic heterocycles. The Bertz CT molecular complexity index is 861. The Labute approximate surface area is 172 Å². The molecule has 2 atom stereocenters. The van der Waals surface area contributed by atoms with Gasteiger partial charge in [-0.2, -0.15) is 0 Å². The lowest BCUT2D eigenvalue weighted by Crippen LogP contribution is -2.47. The Morgan fingerprint density at radius 1 is 1.14 bits per heavy atom. The van der Waals surface area contributed by atoms with Crippen molar-refractivity contribution in [3.05, 3.63) is 53.0 Å². The minimum Gasteiger partial charge on any atom is -0.372 e. The van der Waals surface area contributed by atoms with Crippen LogP contribution >= 0.6 is 0 Å². The van der Waals surface area contributed by atoms with E-state index in [0.717, 1.165) is 55.4 Å². The Morgan fingerprint density at radius 3 is 2.59 bits per heavy atom. The van der Waals surface area contributed by atoms with E-state index in [2.05, 4.69) is 35.9 Å². The van der Waals surface area contributed by atoms with E-state index in [1.165, 1.54) is 5.56 Å². The number of aromatic nitrogens is 2. The van der Waals surface area contributed by atoms with Gasteiger partial charge in [-0.3, -0.25) is 4.79 Å². The molecule has 0 saturated carbocycles. The average Bonchev–Trinajstić information content (AvgIpc) is 2.71. The lowest BCUT2D eigenvalue weighted by atomic mass is 10.0. The molecule has 4 rings (SSSR count). The minimum absolute atomic E-state index is 0.164. The summed E-state index contributed by atoms with van der Waals surface area (Å²) in [7, 11) is 0. The second kappa shape index (κ2) is 8.49. The molecule has 6 nitrogen and oxygen atoms in total. The molecule has 2 aliphatic rings. The van der Waals surface area contributed by atoms with E-state index in [1.54, 1.807) is 0 Å². The molecule has 29 heavy (non-hydrogen) atoms. The van der Waals surface area contributed by atoms with Crippen molar-refractivity contribution in [1.82, 2.24) is 14.9 Å². The molecule has 0 spiro atoms. The van der Waals surface area contributed by atoms with Crippen molar-refractivity contribution in [3.8, 4) is 0 Å². The fourth-order valence-corrected chi connectivity index (χ4v) is 4.40. The topological polar surface area (TPSA) is 58.6 Å². The van der Waals surface area contributed by atoms with Crippen LogP contribution in [0.3, 0.4) is 0 Å². The first-order valence-electron chi connectivity index (χ1n) is 10.6. The first-order valence-corrected chi connectivity index (χ1v) is 10.6. The molecule has 0 N–H and O–H groups in total. The number of fused-ring (bicyclic) bond motifs is 1. The number of morpholine rings is 1. The summed E-state index contributed by atoms with van der Waals surface area (Å²) in [5.74, 6) is 1.99. The van der Waals surface area contributed by atoms with Crippen molar-refractivity contribution in [1.29, 1.82) is 0 Å². The van der Waals surface area contributed by atoms with Gasteiger partial charge in [0.15, 0.2) is 0 Å². The quantitative estimate of drug-likeness (QED) is 0.798. The fraction of sp³-hybridized carbons (Fsp3) is 0.522. The summed E-state index contributed by atoms with van der Waals surface area (Å²) in [4.78, 5) is 26.6. The molecule has 2 unspecified atom stereocenters. The number of carbonyl (C=O) groups is 1. The van der Waals surface area contributed by atoms with Gasteiger partial charge in [0.25, 0.3) is 0 Å². The van der Waals surface area contributed by atoms with Gasteiger partial charge >= 0.3 is 0 Å². The first kappa shape index (κ1) is 19.8. The standard InChI is InChI=1S/C23H30N4O2/c1-16-13-27(14-17(2)29-16)23-20-15-26(12-11-21(20)24-18(3)25-23)22(28)10-9-19-7-5-4-6-8-19/h4-8,16-17H,9-15H2,1-3H3. The number of hydrogen-bond acceptors (Lipinski definition) is 5. The highest BCUT2D eigenvalue weighted by atomic mass is 16.5. The van der Waals surface area contributed by atoms with Gasteiger partial charge in [0.1, 0.15) is 11.6 Å². The molecule has 0 bridgehead atoms. The molecular weight excluding hydrogens is 364 g/mol. The largest absolute Gasteiger partial charge is 0.372 e. The normalized spacial score (nSPS) is 21.8. The molecule has 1 aromatic carbocycles. The molecule has 2 aromatic rings. The number of rotatable bonds is 4. The van der Waals surface area contributed by atoms with E-state index < -0.39 is 0 Å². The Balaban J connectivity index is 1.51. The van der Waals surface area contributed by atoms with Crippen molar-refractivity contribution in [2.24, 2.45) is 0 Å². The first-order chi connectivity index (χ1) is 14.0. The Morgan fingerprint density at radius 2 is 1.86 bits per heavy atom. The number of benzene rings is 1. The smallest absolute Gasteiger partial charge is 0.223 e. The van der Waals surface area contributed by atoms with Crippen LogP contribution in [0.4, 0.5) is 5.82 Å². The van der Waals surface area contributed by atoms with Crippen molar-refractivity contribution >= 4 is 11.7 Å². The summed E-state index contributed by atoms with van der Waals surface area (Å²) in [6.07, 6.45) is 2.43. The molecular formula is C23H30N4O2. The average molecular weight is 395 g/mol. The van der Waals surface area contributed by atoms with E-state index in [0.29, 0.717) is 13.0 Å². The van der Waals surface area contributed by atoms with E-state index in [-0.39, 0.29) is 18.1 Å². The highest BCUT2D eigenvalue weighted by Gasteiger charge is 2.30. The SMILES string of the molecule is Cc1nc2c(c(N3CC(C)OC(C)C3)n1)CN(C(=O)CCc1ccccc1)CC2. The van der Waals surface area contributed by atoms with Gasteiger partial charge in [-0.25, -0.2) is 9.97 Å². The van der Waals surface area contributed by atoms with Crippen molar-refractivity contribution in [2.75, 3.05) is 24.5 Å². The van der Waals surface area contributed by atoms with Gasteiger partial charge in [0.05, 0.1) is 24.4 Å². The van der Waals surface area contributed by atoms with Crippen molar-refractivity contribution in [2.45, 2.75) is 58.8 Å². The highest BCUT2D eigenvalue weighted by Crippen LogP contribution is 2.29. The lowest BCUT2D eigenvalue weighted by molar-refractivity contribution is -0.132. The molecule has 1 aromatic heterocycles. The maximum absolute atomic E-state index is 12.9. The van der Waals surface area contributed by atoms with E-state index in [1.807, 2.05) is 30.0 Å². The molecule has 6 heteroatoms. The van der Waals surface area contributed by atoms with Crippen LogP contribution in [-0.2, 0) is 28.9 Å². The predicted octanol–water partition coefficient (Wildman–Crippen LogP) is 2.92. The Kier molecular flexibility index (Phi) is 5.81. The zero-order valence-corrected chi connectivity index (χ0v) is 17.6. The summed E-state index contributed by atoms with van der Waals surface area (Å²) in [6, 6.07) is 10.2. The van der Waals surface area contributed by atoms with Crippen LogP contribution in [0.25, 0.3) is 0 Å². The van der Waals surface area contributed by atoms with Gasteiger partial charge < -0.3 is 14.5 Å². The lowest BCUT2D eigenvalue weighted by Gasteiger charge is -2.38. The number of aryl methyl sites for hydroxylation is 2. The van der Waals surface area contributed by atoms with Crippen molar-refractivity contribution < 1.29 is 9.53 Å². The third kappa shape index (κ3) is 4.58. The van der Waals surface area contributed by atoms with Crippen LogP contribution in [0.2, 0.25) is 0 Å². The minimum atomic E-state index is 0.164. The number of carbonyl (C=O) groups excluding carboxylic acids is 1. The summed E-state index contributed by atoms with van der Waals surface area (Å²) in [5.41, 5.74) is 3.40. The van der Waals surface area contributed by atoms with Crippen LogP contribution in [0.1, 0.15) is 42.9 Å². The van der Waals surface area contributed by atoms with E-state index >= 15 is 0 Å². The molecule has 1 fully saturated rings. The number of amides is 1. The maximum Gasteiger partial charge on any atom is 0.223 e. The predicted molar refractivity (Wildman–Crippen MR) is 113 cm³/mol. The maximum atomic E-state index is 12.9. The zero-order chi connectivity index (χ0) is 20.4. The molecule has 3 heterocycles. The third-order valence-corrected chi connectivity index (χ3v) is 5.69. The van der Waals surface area contributed by atoms with E-state index in [9.17, 15) is 4.79 Å². The molecule has 154 valence electrons. The van der Waals surface area contributed by atoms with Crippen molar-refractivity contribution in [3.63, 3.8) is 0 Å². The molecule has 1 saturated heterocycles.